The predicted molar refractivity (Wildman–Crippen MR) is 268 cm³/mol. The van der Waals surface area contributed by atoms with Gasteiger partial charge in [0.15, 0.2) is 0 Å². The molecule has 6 amide bonds. The van der Waals surface area contributed by atoms with Gasteiger partial charge in [-0.05, 0) is 156 Å². The molecule has 10 rings (SSSR count). The number of aryl methyl sites for hydroxylation is 4. The third-order valence-electron chi connectivity index (χ3n) is 14.0. The summed E-state index contributed by atoms with van der Waals surface area (Å²) in [6.45, 7) is 14.4. The highest BCUT2D eigenvalue weighted by atomic mass is 35.5. The molecule has 14 heteroatoms. The van der Waals surface area contributed by atoms with Crippen molar-refractivity contribution in [2.75, 3.05) is 26.2 Å². The summed E-state index contributed by atoms with van der Waals surface area (Å²) in [7, 11) is 0. The number of nitrogens with one attached hydrogen (secondary N) is 3. The lowest BCUT2D eigenvalue weighted by atomic mass is 9.87. The number of piperidine rings is 4. The fourth-order valence-corrected chi connectivity index (χ4v) is 10.8. The van der Waals surface area contributed by atoms with Crippen LogP contribution in [0.25, 0.3) is 0 Å². The zero-order valence-electron chi connectivity index (χ0n) is 39.5. The number of nitrogens with zero attached hydrogens (tertiary/aromatic N) is 3. The van der Waals surface area contributed by atoms with Crippen LogP contribution in [0, 0.1) is 27.7 Å². The standard InChI is InChI=1S/C27H31N3O3.C18H21N3O3.C9H10O.CH4.ClH/c1-17-11-18(2)13-19(12-17)15-29-9-7-20(8-10-29)21-3-4-23-22(14-21)16-30(27(23)33)24-5-6-25(31)28-26(24)32;22-16-4-3-15(17(23)20-16)21-10-13-9-12(1-2-14(13)18(21)24)11-5-7-19-8-6-11;1-7-3-8(2)5-9(4-7)6-10;;/h3-4,11-14,20,24H,5-10,15-16H2,1-2H3,(H,28,31,32);1-2,9,11,15,19H,3-8,10H2,(H,20,22,23);3-6H,1-2H3;1H4;1H. The van der Waals surface area contributed by atoms with Gasteiger partial charge in [0.05, 0.1) is 0 Å². The molecule has 69 heavy (non-hydrogen) atoms. The molecule has 4 aromatic rings. The molecule has 0 aromatic heterocycles. The molecule has 4 aromatic carbocycles. The van der Waals surface area contributed by atoms with Crippen molar-refractivity contribution in [3.05, 3.63) is 140 Å². The van der Waals surface area contributed by atoms with Crippen molar-refractivity contribution < 1.29 is 33.6 Å². The van der Waals surface area contributed by atoms with Gasteiger partial charge in [-0.1, -0.05) is 78.2 Å². The second-order valence-electron chi connectivity index (χ2n) is 19.2. The van der Waals surface area contributed by atoms with Crippen LogP contribution in [0.2, 0.25) is 0 Å². The first kappa shape index (κ1) is 52.4. The summed E-state index contributed by atoms with van der Waals surface area (Å²) >= 11 is 0. The van der Waals surface area contributed by atoms with Crippen LogP contribution in [-0.2, 0) is 38.8 Å². The lowest BCUT2D eigenvalue weighted by Crippen LogP contribution is -2.52. The van der Waals surface area contributed by atoms with Crippen molar-refractivity contribution in [2.24, 2.45) is 0 Å². The number of carbonyl (C=O) groups excluding carboxylic acids is 7. The maximum Gasteiger partial charge on any atom is 0.255 e. The van der Waals surface area contributed by atoms with E-state index in [1.54, 1.807) is 9.80 Å². The SMILES string of the molecule is C.Cc1cc(C)cc(C=O)c1.Cc1cc(C)cc(CN2CCC(c3ccc4c(c3)CN(C3CCC(=O)NC3=O)C4=O)CC2)c1.Cl.O=C1CCC(N2Cc3cc(C4CCNCC4)ccc3C2=O)C(=O)N1. The Morgan fingerprint density at radius 3 is 1.43 bits per heavy atom. The van der Waals surface area contributed by atoms with E-state index in [1.807, 2.05) is 44.2 Å². The molecule has 0 radical (unpaired) electrons. The zero-order valence-corrected chi connectivity index (χ0v) is 40.3. The molecule has 6 aliphatic heterocycles. The van der Waals surface area contributed by atoms with Crippen molar-refractivity contribution in [3.8, 4) is 0 Å². The first-order valence-corrected chi connectivity index (χ1v) is 23.8. The first-order chi connectivity index (χ1) is 32.2. The topological polar surface area (TPSA) is 165 Å². The highest BCUT2D eigenvalue weighted by Crippen LogP contribution is 2.35. The van der Waals surface area contributed by atoms with Gasteiger partial charge in [0, 0.05) is 49.2 Å². The van der Waals surface area contributed by atoms with Gasteiger partial charge in [-0.2, -0.15) is 0 Å². The Balaban J connectivity index is 0.000000190. The van der Waals surface area contributed by atoms with E-state index in [9.17, 15) is 33.6 Å². The molecule has 0 aliphatic carbocycles. The largest absolute Gasteiger partial charge is 0.322 e. The van der Waals surface area contributed by atoms with Gasteiger partial charge >= 0.3 is 0 Å². The number of hydrogen-bond acceptors (Lipinski definition) is 9. The molecule has 3 N–H and O–H groups in total. The summed E-state index contributed by atoms with van der Waals surface area (Å²) in [5.74, 6) is -0.400. The molecule has 6 heterocycles. The second-order valence-corrected chi connectivity index (χ2v) is 19.2. The van der Waals surface area contributed by atoms with Gasteiger partial charge < -0.3 is 15.1 Å². The average molecular weight is 960 g/mol. The van der Waals surface area contributed by atoms with Crippen LogP contribution in [0.1, 0.15) is 152 Å². The Hall–Kier alpha value is -6.02. The molecule has 13 nitrogen and oxygen atoms in total. The normalized spacial score (nSPS) is 20.5. The van der Waals surface area contributed by atoms with Crippen molar-refractivity contribution in [3.63, 3.8) is 0 Å². The van der Waals surface area contributed by atoms with Gasteiger partial charge in [-0.3, -0.25) is 49.1 Å². The molecule has 4 fully saturated rings. The van der Waals surface area contributed by atoms with Crippen LogP contribution in [0.3, 0.4) is 0 Å². The molecule has 2 atom stereocenters. The van der Waals surface area contributed by atoms with Crippen LogP contribution in [0.15, 0.2) is 72.8 Å². The molecule has 6 aliphatic rings. The minimum Gasteiger partial charge on any atom is -0.322 e. The van der Waals surface area contributed by atoms with E-state index in [-0.39, 0.29) is 68.1 Å². The lowest BCUT2D eigenvalue weighted by molar-refractivity contribution is -0.138. The average Bonchev–Trinajstić information content (AvgIpc) is 3.81. The van der Waals surface area contributed by atoms with Crippen molar-refractivity contribution in [1.82, 2.24) is 30.7 Å². The summed E-state index contributed by atoms with van der Waals surface area (Å²) in [5, 5.41) is 8.07. The summed E-state index contributed by atoms with van der Waals surface area (Å²) < 4.78 is 0. The number of halogens is 1. The summed E-state index contributed by atoms with van der Waals surface area (Å²) in [5.41, 5.74) is 13.0. The minimum absolute atomic E-state index is 0. The summed E-state index contributed by atoms with van der Waals surface area (Å²) in [6.07, 6.45) is 6.69. The first-order valence-electron chi connectivity index (χ1n) is 23.8. The Morgan fingerprint density at radius 2 is 1.00 bits per heavy atom. The van der Waals surface area contributed by atoms with Crippen molar-refractivity contribution >= 4 is 54.1 Å². The van der Waals surface area contributed by atoms with Gasteiger partial charge in [0.25, 0.3) is 11.8 Å². The van der Waals surface area contributed by atoms with E-state index >= 15 is 0 Å². The van der Waals surface area contributed by atoms with Crippen molar-refractivity contribution in [2.45, 2.75) is 130 Å². The molecular weight excluding hydrogens is 892 g/mol. The molecular formula is C55H67ClN6O7. The Labute approximate surface area is 412 Å². The number of hydrogen-bond donors (Lipinski definition) is 3. The number of likely N-dealkylation sites (tertiary alicyclic amines) is 1. The van der Waals surface area contributed by atoms with E-state index in [0.29, 0.717) is 48.9 Å². The molecule has 0 saturated carbocycles. The quantitative estimate of drug-likeness (QED) is 0.125. The maximum atomic E-state index is 12.9. The predicted octanol–water partition coefficient (Wildman–Crippen LogP) is 7.53. The van der Waals surface area contributed by atoms with E-state index in [0.717, 1.165) is 92.5 Å². The number of aldehydes is 1. The van der Waals surface area contributed by atoms with Crippen LogP contribution >= 0.6 is 12.4 Å². The Bertz CT molecular complexity index is 2560. The number of amides is 6. The van der Waals surface area contributed by atoms with Gasteiger partial charge in [-0.15, -0.1) is 12.4 Å². The monoisotopic (exact) mass is 958 g/mol. The number of rotatable bonds is 7. The van der Waals surface area contributed by atoms with E-state index in [2.05, 4.69) is 77.2 Å². The third kappa shape index (κ3) is 12.4. The third-order valence-corrected chi connectivity index (χ3v) is 14.0. The highest BCUT2D eigenvalue weighted by molar-refractivity contribution is 6.06. The minimum atomic E-state index is -0.556. The van der Waals surface area contributed by atoms with E-state index in [1.165, 1.54) is 27.8 Å². The van der Waals surface area contributed by atoms with Gasteiger partial charge in [-0.25, -0.2) is 0 Å². The molecule has 366 valence electrons. The van der Waals surface area contributed by atoms with Crippen LogP contribution in [-0.4, -0.2) is 94.7 Å². The maximum absolute atomic E-state index is 12.9. The number of imide groups is 2. The Morgan fingerprint density at radius 1 is 0.565 bits per heavy atom. The zero-order chi connectivity index (χ0) is 47.4. The highest BCUT2D eigenvalue weighted by Gasteiger charge is 2.41. The van der Waals surface area contributed by atoms with E-state index in [4.69, 9.17) is 0 Å². The van der Waals surface area contributed by atoms with Gasteiger partial charge in [0.2, 0.25) is 23.6 Å². The summed E-state index contributed by atoms with van der Waals surface area (Å²) in [6, 6.07) is 23.8. The number of fused-ring (bicyclic) bond motifs is 2. The smallest absolute Gasteiger partial charge is 0.255 e. The molecule has 0 spiro atoms. The van der Waals surface area contributed by atoms with Crippen LogP contribution in [0.5, 0.6) is 0 Å². The fraction of sp³-hybridized carbons (Fsp3) is 0.436. The second kappa shape index (κ2) is 23.1. The van der Waals surface area contributed by atoms with Crippen molar-refractivity contribution in [1.29, 1.82) is 0 Å². The molecule has 2 unspecified atom stereocenters. The molecule has 0 bridgehead atoms. The number of benzene rings is 4. The fourth-order valence-electron chi connectivity index (χ4n) is 10.8. The van der Waals surface area contributed by atoms with E-state index < -0.39 is 12.1 Å². The Kier molecular flexibility index (Phi) is 17.5. The number of carbonyl (C=O) groups is 7. The summed E-state index contributed by atoms with van der Waals surface area (Å²) in [4.78, 5) is 88.8. The molecule has 4 saturated heterocycles. The van der Waals surface area contributed by atoms with Crippen LogP contribution < -0.4 is 16.0 Å². The van der Waals surface area contributed by atoms with Crippen LogP contribution in [0.4, 0.5) is 0 Å². The van der Waals surface area contributed by atoms with Gasteiger partial charge in [0.1, 0.15) is 18.4 Å². The lowest BCUT2D eigenvalue weighted by Gasteiger charge is -2.32.